The average molecular weight is 265 g/mol. The fourth-order valence-corrected chi connectivity index (χ4v) is 2.62. The maximum Gasteiger partial charge on any atom is 0.389 e. The molecular weight excluding hydrogens is 239 g/mol. The molecule has 1 nitrogen and oxygen atoms in total. The third kappa shape index (κ3) is 7.24. The lowest BCUT2D eigenvalue weighted by atomic mass is 9.85. The van der Waals surface area contributed by atoms with Crippen LogP contribution >= 0.6 is 0 Å². The predicted molar refractivity (Wildman–Crippen MR) is 68.6 cm³/mol. The molecule has 0 aromatic heterocycles. The Balaban J connectivity index is 2.09. The SMILES string of the molecule is CC1(C)CCCC(NCCCCC(F)(F)F)CC1. The van der Waals surface area contributed by atoms with Gasteiger partial charge in [-0.05, 0) is 50.5 Å². The van der Waals surface area contributed by atoms with Crippen molar-refractivity contribution in [1.82, 2.24) is 5.32 Å². The highest BCUT2D eigenvalue weighted by Gasteiger charge is 2.26. The normalized spacial score (nSPS) is 24.8. The Hall–Kier alpha value is -0.250. The molecule has 1 fully saturated rings. The molecule has 1 rings (SSSR count). The lowest BCUT2D eigenvalue weighted by Gasteiger charge is -2.22. The number of unbranched alkanes of at least 4 members (excludes halogenated alkanes) is 1. The predicted octanol–water partition coefficient (Wildman–Crippen LogP) is 4.67. The van der Waals surface area contributed by atoms with E-state index in [0.29, 0.717) is 17.9 Å². The Morgan fingerprint density at radius 2 is 1.83 bits per heavy atom. The Kier molecular flexibility index (Phi) is 5.96. The zero-order chi connectivity index (χ0) is 13.6. The first-order valence-electron chi connectivity index (χ1n) is 7.09. The summed E-state index contributed by atoms with van der Waals surface area (Å²) >= 11 is 0. The topological polar surface area (TPSA) is 12.0 Å². The molecule has 0 aromatic carbocycles. The minimum atomic E-state index is -3.99. The van der Waals surface area contributed by atoms with E-state index in [2.05, 4.69) is 19.2 Å². The van der Waals surface area contributed by atoms with Gasteiger partial charge in [0.05, 0.1) is 0 Å². The second kappa shape index (κ2) is 6.78. The van der Waals surface area contributed by atoms with Crippen molar-refractivity contribution >= 4 is 0 Å². The van der Waals surface area contributed by atoms with Crippen LogP contribution in [0.5, 0.6) is 0 Å². The van der Waals surface area contributed by atoms with Gasteiger partial charge in [-0.1, -0.05) is 20.3 Å². The van der Waals surface area contributed by atoms with Gasteiger partial charge in [0, 0.05) is 12.5 Å². The second-order valence-corrected chi connectivity index (χ2v) is 6.32. The molecule has 0 aromatic rings. The molecule has 0 spiro atoms. The number of hydrogen-bond donors (Lipinski definition) is 1. The molecule has 0 bridgehead atoms. The van der Waals surface area contributed by atoms with Gasteiger partial charge in [0.1, 0.15) is 0 Å². The second-order valence-electron chi connectivity index (χ2n) is 6.32. The van der Waals surface area contributed by atoms with Gasteiger partial charge in [0.25, 0.3) is 0 Å². The van der Waals surface area contributed by atoms with Gasteiger partial charge in [-0.25, -0.2) is 0 Å². The first-order valence-corrected chi connectivity index (χ1v) is 7.09. The van der Waals surface area contributed by atoms with Crippen molar-refractivity contribution < 1.29 is 13.2 Å². The maximum absolute atomic E-state index is 12.0. The van der Waals surface area contributed by atoms with E-state index in [1.54, 1.807) is 0 Å². The van der Waals surface area contributed by atoms with Crippen molar-refractivity contribution in [2.45, 2.75) is 77.4 Å². The van der Waals surface area contributed by atoms with Crippen molar-refractivity contribution in [1.29, 1.82) is 0 Å². The number of nitrogens with one attached hydrogen (secondary N) is 1. The van der Waals surface area contributed by atoms with E-state index in [9.17, 15) is 13.2 Å². The Morgan fingerprint density at radius 3 is 2.50 bits per heavy atom. The van der Waals surface area contributed by atoms with Gasteiger partial charge in [0.2, 0.25) is 0 Å². The van der Waals surface area contributed by atoms with E-state index in [-0.39, 0.29) is 6.42 Å². The van der Waals surface area contributed by atoms with E-state index in [1.807, 2.05) is 0 Å². The highest BCUT2D eigenvalue weighted by molar-refractivity contribution is 4.79. The molecule has 1 aliphatic carbocycles. The maximum atomic E-state index is 12.0. The summed E-state index contributed by atoms with van der Waals surface area (Å²) in [6.45, 7) is 5.33. The molecule has 0 amide bonds. The Bertz CT molecular complexity index is 236. The number of rotatable bonds is 5. The van der Waals surface area contributed by atoms with Crippen LogP contribution in [-0.2, 0) is 0 Å². The monoisotopic (exact) mass is 265 g/mol. The molecule has 0 saturated heterocycles. The van der Waals surface area contributed by atoms with E-state index in [1.165, 1.54) is 25.7 Å². The van der Waals surface area contributed by atoms with Gasteiger partial charge in [0.15, 0.2) is 0 Å². The largest absolute Gasteiger partial charge is 0.389 e. The summed E-state index contributed by atoms with van der Waals surface area (Å²) in [7, 11) is 0. The lowest BCUT2D eigenvalue weighted by molar-refractivity contribution is -0.135. The third-order valence-electron chi connectivity index (χ3n) is 3.90. The minimum Gasteiger partial charge on any atom is -0.314 e. The average Bonchev–Trinajstić information content (AvgIpc) is 2.38. The summed E-state index contributed by atoms with van der Waals surface area (Å²) in [6.07, 6.45) is 2.27. The van der Waals surface area contributed by atoms with Gasteiger partial charge in [-0.2, -0.15) is 13.2 Å². The molecule has 108 valence electrons. The quantitative estimate of drug-likeness (QED) is 0.563. The zero-order valence-corrected chi connectivity index (χ0v) is 11.6. The molecule has 1 saturated carbocycles. The molecular formula is C14H26F3N. The third-order valence-corrected chi connectivity index (χ3v) is 3.90. The van der Waals surface area contributed by atoms with E-state index in [4.69, 9.17) is 0 Å². The van der Waals surface area contributed by atoms with E-state index >= 15 is 0 Å². The van der Waals surface area contributed by atoms with Crippen LogP contribution in [0.4, 0.5) is 13.2 Å². The van der Waals surface area contributed by atoms with Crippen LogP contribution in [0.2, 0.25) is 0 Å². The molecule has 0 radical (unpaired) electrons. The van der Waals surface area contributed by atoms with Crippen molar-refractivity contribution in [2.75, 3.05) is 6.54 Å². The summed E-state index contributed by atoms with van der Waals surface area (Å²) in [5, 5.41) is 3.42. The van der Waals surface area contributed by atoms with Gasteiger partial charge < -0.3 is 5.32 Å². The lowest BCUT2D eigenvalue weighted by Crippen LogP contribution is -2.29. The zero-order valence-electron chi connectivity index (χ0n) is 11.6. The smallest absolute Gasteiger partial charge is 0.314 e. The van der Waals surface area contributed by atoms with Crippen LogP contribution in [-0.4, -0.2) is 18.8 Å². The minimum absolute atomic E-state index is 0.245. The molecule has 1 N–H and O–H groups in total. The standard InChI is InChI=1S/C14H26F3N/c1-13(2)8-5-6-12(7-10-13)18-11-4-3-9-14(15,16)17/h12,18H,3-11H2,1-2H3. The molecule has 18 heavy (non-hydrogen) atoms. The van der Waals surface area contributed by atoms with Crippen LogP contribution in [0.25, 0.3) is 0 Å². The fraction of sp³-hybridized carbons (Fsp3) is 1.00. The van der Waals surface area contributed by atoms with Gasteiger partial charge in [-0.3, -0.25) is 0 Å². The van der Waals surface area contributed by atoms with Crippen LogP contribution in [0.1, 0.15) is 65.2 Å². The van der Waals surface area contributed by atoms with Crippen LogP contribution < -0.4 is 5.32 Å². The first-order chi connectivity index (χ1) is 8.29. The summed E-state index contributed by atoms with van der Waals surface area (Å²) in [4.78, 5) is 0. The van der Waals surface area contributed by atoms with E-state index < -0.39 is 12.6 Å². The van der Waals surface area contributed by atoms with Crippen molar-refractivity contribution in [3.8, 4) is 0 Å². The highest BCUT2D eigenvalue weighted by Crippen LogP contribution is 2.33. The van der Waals surface area contributed by atoms with Crippen LogP contribution in [0.15, 0.2) is 0 Å². The van der Waals surface area contributed by atoms with E-state index in [0.717, 1.165) is 13.0 Å². The highest BCUT2D eigenvalue weighted by atomic mass is 19.4. The molecule has 4 heteroatoms. The molecule has 1 aliphatic rings. The van der Waals surface area contributed by atoms with Crippen molar-refractivity contribution in [3.63, 3.8) is 0 Å². The summed E-state index contributed by atoms with van der Waals surface area (Å²) < 4.78 is 35.9. The van der Waals surface area contributed by atoms with Gasteiger partial charge >= 0.3 is 6.18 Å². The van der Waals surface area contributed by atoms with Crippen LogP contribution in [0.3, 0.4) is 0 Å². The first kappa shape index (κ1) is 15.8. The van der Waals surface area contributed by atoms with Crippen LogP contribution in [0, 0.1) is 5.41 Å². The molecule has 1 unspecified atom stereocenters. The Labute approximate surface area is 109 Å². The number of alkyl halides is 3. The van der Waals surface area contributed by atoms with Gasteiger partial charge in [-0.15, -0.1) is 0 Å². The number of hydrogen-bond acceptors (Lipinski definition) is 1. The molecule has 0 heterocycles. The number of halogens is 3. The summed E-state index contributed by atoms with van der Waals surface area (Å²) in [5.41, 5.74) is 0.437. The van der Waals surface area contributed by atoms with Crippen molar-refractivity contribution in [2.24, 2.45) is 5.41 Å². The fourth-order valence-electron chi connectivity index (χ4n) is 2.62. The molecule has 0 aliphatic heterocycles. The molecule has 1 atom stereocenters. The summed E-state index contributed by atoms with van der Waals surface area (Å²) in [6, 6.07) is 0.512. The summed E-state index contributed by atoms with van der Waals surface area (Å²) in [5.74, 6) is 0. The van der Waals surface area contributed by atoms with Crippen molar-refractivity contribution in [3.05, 3.63) is 0 Å². The Morgan fingerprint density at radius 1 is 1.11 bits per heavy atom.